The lowest BCUT2D eigenvalue weighted by Gasteiger charge is -2.20. The van der Waals surface area contributed by atoms with Crippen molar-refractivity contribution in [3.63, 3.8) is 0 Å². The molecule has 0 spiro atoms. The van der Waals surface area contributed by atoms with Crippen LogP contribution in [-0.2, 0) is 24.1 Å². The summed E-state index contributed by atoms with van der Waals surface area (Å²) in [6, 6.07) is 0. The van der Waals surface area contributed by atoms with Gasteiger partial charge in [0, 0.05) is 23.0 Å². The first kappa shape index (κ1) is 13.2. The lowest BCUT2D eigenvalue weighted by atomic mass is 9.87. The van der Waals surface area contributed by atoms with E-state index in [1.54, 1.807) is 17.5 Å². The van der Waals surface area contributed by atoms with Crippen LogP contribution in [0.4, 0.5) is 0 Å². The Balaban J connectivity index is 1.78. The second-order valence-electron chi connectivity index (χ2n) is 5.10. The average molecular weight is 289 g/mol. The number of thiazole rings is 1. The monoisotopic (exact) mass is 289 g/mol. The number of aromatic nitrogens is 3. The highest BCUT2D eigenvalue weighted by Crippen LogP contribution is 2.24. The Morgan fingerprint density at radius 3 is 3.05 bits per heavy atom. The molecule has 2 aromatic rings. The fourth-order valence-corrected chi connectivity index (χ4v) is 3.23. The molecule has 0 aliphatic heterocycles. The third-order valence-corrected chi connectivity index (χ3v) is 4.49. The zero-order chi connectivity index (χ0) is 14.1. The van der Waals surface area contributed by atoms with Gasteiger partial charge in [0.1, 0.15) is 10.8 Å². The van der Waals surface area contributed by atoms with Crippen molar-refractivity contribution in [1.82, 2.24) is 15.0 Å². The molecule has 5 nitrogen and oxygen atoms in total. The molecule has 2 aromatic heterocycles. The van der Waals surface area contributed by atoms with E-state index < -0.39 is 5.97 Å². The van der Waals surface area contributed by atoms with Gasteiger partial charge in [-0.05, 0) is 31.7 Å². The third-order valence-electron chi connectivity index (χ3n) is 3.53. The largest absolute Gasteiger partial charge is 0.481 e. The van der Waals surface area contributed by atoms with Gasteiger partial charge in [0.25, 0.3) is 0 Å². The Morgan fingerprint density at radius 1 is 1.50 bits per heavy atom. The number of nitrogens with zero attached hydrogens (tertiary/aromatic N) is 3. The van der Waals surface area contributed by atoms with E-state index in [1.165, 1.54) is 0 Å². The SMILES string of the molecule is Cc1csc(Cc2ncc3c(n2)CCC(C(=O)O)C3)n1. The first-order chi connectivity index (χ1) is 9.61. The second-order valence-corrected chi connectivity index (χ2v) is 6.04. The summed E-state index contributed by atoms with van der Waals surface area (Å²) in [6.45, 7) is 1.97. The van der Waals surface area contributed by atoms with Gasteiger partial charge in [-0.15, -0.1) is 11.3 Å². The molecule has 6 heteroatoms. The quantitative estimate of drug-likeness (QED) is 0.935. The molecule has 0 bridgehead atoms. The summed E-state index contributed by atoms with van der Waals surface area (Å²) in [5.41, 5.74) is 3.00. The van der Waals surface area contributed by atoms with Gasteiger partial charge in [0.2, 0.25) is 0 Å². The fourth-order valence-electron chi connectivity index (χ4n) is 2.46. The van der Waals surface area contributed by atoms with Gasteiger partial charge in [-0.3, -0.25) is 4.79 Å². The second kappa shape index (κ2) is 5.28. The van der Waals surface area contributed by atoms with E-state index in [0.717, 1.165) is 34.2 Å². The molecule has 20 heavy (non-hydrogen) atoms. The molecule has 0 saturated heterocycles. The summed E-state index contributed by atoms with van der Waals surface area (Å²) in [5.74, 6) is -0.247. The number of fused-ring (bicyclic) bond motifs is 1. The molecule has 0 radical (unpaired) electrons. The van der Waals surface area contributed by atoms with Crippen molar-refractivity contribution in [3.8, 4) is 0 Å². The molecule has 1 aliphatic carbocycles. The Bertz CT molecular complexity index is 654. The minimum atomic E-state index is -0.724. The molecule has 0 fully saturated rings. The number of rotatable bonds is 3. The third kappa shape index (κ3) is 2.70. The van der Waals surface area contributed by atoms with E-state index in [-0.39, 0.29) is 5.92 Å². The minimum absolute atomic E-state index is 0.293. The van der Waals surface area contributed by atoms with Crippen molar-refractivity contribution in [3.05, 3.63) is 39.4 Å². The summed E-state index contributed by atoms with van der Waals surface area (Å²) in [5, 5.41) is 12.1. The van der Waals surface area contributed by atoms with E-state index >= 15 is 0 Å². The summed E-state index contributed by atoms with van der Waals surface area (Å²) < 4.78 is 0. The Hall–Kier alpha value is -1.82. The van der Waals surface area contributed by atoms with Crippen LogP contribution in [0.3, 0.4) is 0 Å². The summed E-state index contributed by atoms with van der Waals surface area (Å²) in [4.78, 5) is 24.4. The Labute approximate surface area is 120 Å². The van der Waals surface area contributed by atoms with Gasteiger partial charge < -0.3 is 5.11 Å². The number of aryl methyl sites for hydroxylation is 2. The van der Waals surface area contributed by atoms with E-state index in [9.17, 15) is 4.79 Å². The molecular formula is C14H15N3O2S. The number of carboxylic acid groups (broad SMARTS) is 1. The van der Waals surface area contributed by atoms with Crippen LogP contribution in [0.5, 0.6) is 0 Å². The van der Waals surface area contributed by atoms with Crippen LogP contribution in [0.2, 0.25) is 0 Å². The number of aliphatic carboxylic acids is 1. The van der Waals surface area contributed by atoms with E-state index in [1.807, 2.05) is 12.3 Å². The van der Waals surface area contributed by atoms with Crippen molar-refractivity contribution in [2.75, 3.05) is 0 Å². The maximum absolute atomic E-state index is 11.0. The smallest absolute Gasteiger partial charge is 0.306 e. The number of carboxylic acids is 1. The number of carbonyl (C=O) groups is 1. The van der Waals surface area contributed by atoms with Gasteiger partial charge in [-0.2, -0.15) is 0 Å². The predicted octanol–water partition coefficient (Wildman–Crippen LogP) is 2.02. The molecule has 1 atom stereocenters. The maximum atomic E-state index is 11.0. The van der Waals surface area contributed by atoms with Crippen LogP contribution >= 0.6 is 11.3 Å². The fraction of sp³-hybridized carbons (Fsp3) is 0.429. The number of hydrogen-bond donors (Lipinski definition) is 1. The zero-order valence-electron chi connectivity index (χ0n) is 11.2. The molecule has 1 N–H and O–H groups in total. The highest BCUT2D eigenvalue weighted by atomic mass is 32.1. The van der Waals surface area contributed by atoms with Crippen LogP contribution in [-0.4, -0.2) is 26.0 Å². The summed E-state index contributed by atoms with van der Waals surface area (Å²) in [7, 11) is 0. The topological polar surface area (TPSA) is 76.0 Å². The van der Waals surface area contributed by atoms with Crippen LogP contribution in [0.25, 0.3) is 0 Å². The molecular weight excluding hydrogens is 274 g/mol. The van der Waals surface area contributed by atoms with E-state index in [0.29, 0.717) is 19.3 Å². The molecule has 1 unspecified atom stereocenters. The van der Waals surface area contributed by atoms with E-state index in [2.05, 4.69) is 15.0 Å². The average Bonchev–Trinajstić information content (AvgIpc) is 2.83. The molecule has 0 saturated carbocycles. The standard InChI is InChI=1S/C14H15N3O2S/c1-8-7-20-13(16-8)5-12-15-6-10-4-9(14(18)19)2-3-11(10)17-12/h6-7,9H,2-5H2,1H3,(H,18,19). The molecule has 0 amide bonds. The summed E-state index contributed by atoms with van der Waals surface area (Å²) >= 11 is 1.62. The molecule has 104 valence electrons. The summed E-state index contributed by atoms with van der Waals surface area (Å²) in [6.07, 6.45) is 4.36. The first-order valence-electron chi connectivity index (χ1n) is 6.59. The van der Waals surface area contributed by atoms with Gasteiger partial charge in [0.15, 0.2) is 0 Å². The van der Waals surface area contributed by atoms with Crippen molar-refractivity contribution in [1.29, 1.82) is 0 Å². The molecule has 2 heterocycles. The normalized spacial score (nSPS) is 17.8. The lowest BCUT2D eigenvalue weighted by Crippen LogP contribution is -2.23. The number of hydrogen-bond acceptors (Lipinski definition) is 5. The highest BCUT2D eigenvalue weighted by Gasteiger charge is 2.25. The van der Waals surface area contributed by atoms with Crippen molar-refractivity contribution >= 4 is 17.3 Å². The Morgan fingerprint density at radius 2 is 2.35 bits per heavy atom. The highest BCUT2D eigenvalue weighted by molar-refractivity contribution is 7.09. The van der Waals surface area contributed by atoms with Crippen molar-refractivity contribution in [2.24, 2.45) is 5.92 Å². The zero-order valence-corrected chi connectivity index (χ0v) is 12.0. The maximum Gasteiger partial charge on any atom is 0.306 e. The van der Waals surface area contributed by atoms with Crippen LogP contribution < -0.4 is 0 Å². The van der Waals surface area contributed by atoms with Crippen LogP contribution in [0.15, 0.2) is 11.6 Å². The van der Waals surface area contributed by atoms with Gasteiger partial charge in [-0.25, -0.2) is 15.0 Å². The first-order valence-corrected chi connectivity index (χ1v) is 7.47. The Kier molecular flexibility index (Phi) is 3.48. The van der Waals surface area contributed by atoms with E-state index in [4.69, 9.17) is 5.11 Å². The van der Waals surface area contributed by atoms with Crippen LogP contribution in [0.1, 0.15) is 34.2 Å². The minimum Gasteiger partial charge on any atom is -0.481 e. The lowest BCUT2D eigenvalue weighted by molar-refractivity contribution is -0.142. The van der Waals surface area contributed by atoms with Crippen molar-refractivity contribution < 1.29 is 9.90 Å². The predicted molar refractivity (Wildman–Crippen MR) is 74.8 cm³/mol. The molecule has 3 rings (SSSR count). The van der Waals surface area contributed by atoms with Crippen molar-refractivity contribution in [2.45, 2.75) is 32.6 Å². The molecule has 1 aliphatic rings. The van der Waals surface area contributed by atoms with Gasteiger partial charge in [-0.1, -0.05) is 0 Å². The van der Waals surface area contributed by atoms with Gasteiger partial charge in [0.05, 0.1) is 12.3 Å². The molecule has 0 aromatic carbocycles. The van der Waals surface area contributed by atoms with Crippen LogP contribution in [0, 0.1) is 12.8 Å². The van der Waals surface area contributed by atoms with Gasteiger partial charge >= 0.3 is 5.97 Å².